The highest BCUT2D eigenvalue weighted by Crippen LogP contribution is 2.37. The molecule has 2 aliphatic rings. The van der Waals surface area contributed by atoms with Crippen LogP contribution in [0.4, 0.5) is 10.6 Å². The van der Waals surface area contributed by atoms with E-state index in [9.17, 15) is 28.5 Å². The number of piperazine rings is 1. The summed E-state index contributed by atoms with van der Waals surface area (Å²) in [5.41, 5.74) is 0.617. The summed E-state index contributed by atoms with van der Waals surface area (Å²) < 4.78 is 35.3. The number of nitrogens with zero attached hydrogens (tertiary/aromatic N) is 5. The third kappa shape index (κ3) is 13.0. The van der Waals surface area contributed by atoms with E-state index < -0.39 is 62.6 Å². The number of ether oxygens (including phenoxy) is 4. The van der Waals surface area contributed by atoms with Crippen LogP contribution in [0, 0.1) is 0 Å². The summed E-state index contributed by atoms with van der Waals surface area (Å²) in [4.78, 5) is 80.0. The number of nitrogens with one attached hydrogen (secondary N) is 3. The number of carbonyl (C=O) groups excluding carboxylic acids is 5. The van der Waals surface area contributed by atoms with E-state index in [0.29, 0.717) is 24.5 Å². The fraction of sp³-hybridized carbons (Fsp3) is 0.583. The van der Waals surface area contributed by atoms with Crippen LogP contribution in [0.2, 0.25) is 0 Å². The van der Waals surface area contributed by atoms with Crippen molar-refractivity contribution in [2.24, 2.45) is 0 Å². The van der Waals surface area contributed by atoms with Crippen LogP contribution in [0.1, 0.15) is 50.5 Å². The van der Waals surface area contributed by atoms with Crippen LogP contribution in [-0.4, -0.2) is 147 Å². The van der Waals surface area contributed by atoms with Gasteiger partial charge in [0.15, 0.2) is 5.82 Å². The molecule has 302 valence electrons. The van der Waals surface area contributed by atoms with Crippen molar-refractivity contribution in [1.82, 2.24) is 35.3 Å². The van der Waals surface area contributed by atoms with E-state index in [1.807, 2.05) is 42.2 Å². The molecular weight excluding hydrogens is 735 g/mol. The van der Waals surface area contributed by atoms with Crippen molar-refractivity contribution in [3.8, 4) is 11.4 Å². The average molecular weight is 789 g/mol. The Morgan fingerprint density at radius 1 is 0.873 bits per heavy atom. The topological polar surface area (TPSA) is 211 Å². The molecule has 2 aromatic rings. The molecule has 0 aliphatic carbocycles. The van der Waals surface area contributed by atoms with Gasteiger partial charge in [0, 0.05) is 58.0 Å². The molecule has 0 unspecified atom stereocenters. The fourth-order valence-corrected chi connectivity index (χ4v) is 7.85. The predicted molar refractivity (Wildman–Crippen MR) is 203 cm³/mol. The van der Waals surface area contributed by atoms with Gasteiger partial charge in [0.05, 0.1) is 32.1 Å². The molecule has 55 heavy (non-hydrogen) atoms. The zero-order chi connectivity index (χ0) is 39.8. The number of methoxy groups -OCH3 is 1. The first kappa shape index (κ1) is 43.1. The van der Waals surface area contributed by atoms with E-state index in [1.54, 1.807) is 21.0 Å². The van der Waals surface area contributed by atoms with Crippen LogP contribution in [-0.2, 0) is 37.9 Å². The summed E-state index contributed by atoms with van der Waals surface area (Å²) in [7, 11) is -2.39. The number of amides is 3. The van der Waals surface area contributed by atoms with Gasteiger partial charge in [-0.25, -0.2) is 24.9 Å². The van der Waals surface area contributed by atoms with Crippen molar-refractivity contribution < 1.29 is 47.5 Å². The molecular formula is C36H53N8O10P. The summed E-state index contributed by atoms with van der Waals surface area (Å²) in [5, 5.41) is 8.02. The van der Waals surface area contributed by atoms with Crippen LogP contribution in [0.25, 0.3) is 11.4 Å². The van der Waals surface area contributed by atoms with Crippen LogP contribution in [0.3, 0.4) is 0 Å². The number of anilines is 1. The Hall–Kier alpha value is -4.64. The Bertz CT molecular complexity index is 1630. The van der Waals surface area contributed by atoms with E-state index in [4.69, 9.17) is 23.9 Å². The van der Waals surface area contributed by atoms with Crippen LogP contribution in [0.5, 0.6) is 0 Å². The third-order valence-electron chi connectivity index (χ3n) is 8.96. The molecule has 2 fully saturated rings. The number of esters is 2. The van der Waals surface area contributed by atoms with Crippen LogP contribution < -0.4 is 20.4 Å². The van der Waals surface area contributed by atoms with Gasteiger partial charge in [0.1, 0.15) is 30.6 Å². The molecule has 1 aromatic carbocycles. The SMILES string of the molecule is CCCCOC(=O)N1CCN(C(=O)[C@H](CP(=O)(NCC(=O)OCC)NCC(=O)OCC)NC(=O)c2cc(N3CC[C@H](OC)C3)nc(-c3ccccc3)n2)CC1. The zero-order valence-corrected chi connectivity index (χ0v) is 32.9. The first-order chi connectivity index (χ1) is 26.5. The van der Waals surface area contributed by atoms with Gasteiger partial charge >= 0.3 is 18.0 Å². The highest BCUT2D eigenvalue weighted by molar-refractivity contribution is 7.60. The summed E-state index contributed by atoms with van der Waals surface area (Å²) in [6.45, 7) is 6.37. The lowest BCUT2D eigenvalue weighted by molar-refractivity contribution is -0.142. The van der Waals surface area contributed by atoms with Gasteiger partial charge in [-0.3, -0.25) is 23.7 Å². The normalized spacial score (nSPS) is 16.4. The van der Waals surface area contributed by atoms with Gasteiger partial charge in [-0.05, 0) is 26.7 Å². The molecule has 2 aliphatic heterocycles. The Morgan fingerprint density at radius 2 is 1.51 bits per heavy atom. The van der Waals surface area contributed by atoms with Crippen molar-refractivity contribution >= 4 is 43.1 Å². The number of carbonyl (C=O) groups is 5. The quantitative estimate of drug-likeness (QED) is 0.0805. The molecule has 3 heterocycles. The monoisotopic (exact) mass is 788 g/mol. The molecule has 18 nitrogen and oxygen atoms in total. The lowest BCUT2D eigenvalue weighted by Gasteiger charge is -2.36. The van der Waals surface area contributed by atoms with Gasteiger partial charge in [0.2, 0.25) is 13.4 Å². The average Bonchev–Trinajstić information content (AvgIpc) is 3.69. The van der Waals surface area contributed by atoms with Crippen molar-refractivity contribution in [3.63, 3.8) is 0 Å². The maximum absolute atomic E-state index is 14.5. The van der Waals surface area contributed by atoms with Crippen LogP contribution >= 0.6 is 7.44 Å². The highest BCUT2D eigenvalue weighted by atomic mass is 31.2. The van der Waals surface area contributed by atoms with Gasteiger partial charge in [-0.1, -0.05) is 43.7 Å². The van der Waals surface area contributed by atoms with Crippen molar-refractivity contribution in [3.05, 3.63) is 42.1 Å². The molecule has 3 amide bonds. The number of unbranched alkanes of at least 4 members (excludes halogenated alkanes) is 1. The molecule has 0 radical (unpaired) electrons. The van der Waals surface area contributed by atoms with Crippen LogP contribution in [0.15, 0.2) is 36.4 Å². The molecule has 4 rings (SSSR count). The maximum atomic E-state index is 14.5. The Morgan fingerprint density at radius 3 is 2.09 bits per heavy atom. The summed E-state index contributed by atoms with van der Waals surface area (Å²) in [5.74, 6) is -2.00. The minimum Gasteiger partial charge on any atom is -0.465 e. The van der Waals surface area contributed by atoms with Gasteiger partial charge in [0.25, 0.3) is 5.91 Å². The second kappa shape index (κ2) is 21.5. The Labute approximate surface area is 321 Å². The van der Waals surface area contributed by atoms with E-state index >= 15 is 0 Å². The summed E-state index contributed by atoms with van der Waals surface area (Å²) >= 11 is 0. The largest absolute Gasteiger partial charge is 0.465 e. The molecule has 2 atom stereocenters. The van der Waals surface area contributed by atoms with Crippen molar-refractivity contribution in [1.29, 1.82) is 0 Å². The second-order valence-corrected chi connectivity index (χ2v) is 15.4. The molecule has 0 spiro atoms. The van der Waals surface area contributed by atoms with Gasteiger partial charge in [-0.2, -0.15) is 0 Å². The standard InChI is InChI=1S/C36H53N8O10P/c1-5-8-20-54-36(49)43-18-16-42(17-19-43)35(48)29(25-55(50,37-22-31(45)52-6-2)38-23-32(46)53-7-3)40-34(47)28-21-30(44-15-14-27(24-44)51-4)41-33(39-28)26-12-10-9-11-13-26/h9-13,21,27,29H,5-8,14-20,22-25H2,1-4H3,(H,40,47)(H2,37,38,50)/t27-,29-/m0/s1. The molecule has 0 saturated carbocycles. The van der Waals surface area contributed by atoms with E-state index in [0.717, 1.165) is 19.3 Å². The first-order valence-electron chi connectivity index (χ1n) is 18.6. The summed E-state index contributed by atoms with van der Waals surface area (Å²) in [6.07, 6.45) is 1.30. The van der Waals surface area contributed by atoms with Gasteiger partial charge < -0.3 is 39.0 Å². The minimum absolute atomic E-state index is 0.0218. The van der Waals surface area contributed by atoms with Crippen molar-refractivity contribution in [2.75, 3.05) is 90.4 Å². The number of aromatic nitrogens is 2. The smallest absolute Gasteiger partial charge is 0.409 e. The first-order valence-corrected chi connectivity index (χ1v) is 20.5. The lowest BCUT2D eigenvalue weighted by atomic mass is 10.2. The lowest BCUT2D eigenvalue weighted by Crippen LogP contribution is -2.57. The number of benzene rings is 1. The Balaban J connectivity index is 1.65. The predicted octanol–water partition coefficient (Wildman–Crippen LogP) is 2.05. The number of rotatable bonds is 19. The molecule has 19 heteroatoms. The molecule has 1 aromatic heterocycles. The third-order valence-corrected chi connectivity index (χ3v) is 11.2. The fourth-order valence-electron chi connectivity index (χ4n) is 5.95. The number of hydrogen-bond donors (Lipinski definition) is 3. The number of hydrogen-bond acceptors (Lipinski definition) is 13. The second-order valence-electron chi connectivity index (χ2n) is 12.9. The molecule has 0 bridgehead atoms. The minimum atomic E-state index is -4.02. The van der Waals surface area contributed by atoms with E-state index in [2.05, 4.69) is 20.5 Å². The summed E-state index contributed by atoms with van der Waals surface area (Å²) in [6, 6.07) is 9.21. The zero-order valence-electron chi connectivity index (χ0n) is 32.0. The highest BCUT2D eigenvalue weighted by Gasteiger charge is 2.37. The van der Waals surface area contributed by atoms with E-state index in [1.165, 1.54) is 15.9 Å². The molecule has 2 saturated heterocycles. The van der Waals surface area contributed by atoms with Gasteiger partial charge in [-0.15, -0.1) is 0 Å². The molecule has 3 N–H and O–H groups in total. The Kier molecular flexibility index (Phi) is 16.8. The van der Waals surface area contributed by atoms with E-state index in [-0.39, 0.29) is 63.6 Å². The van der Waals surface area contributed by atoms with Crippen molar-refractivity contribution in [2.45, 2.75) is 52.2 Å². The maximum Gasteiger partial charge on any atom is 0.409 e.